The average molecular weight is 330 g/mol. The van der Waals surface area contributed by atoms with Crippen molar-refractivity contribution in [1.29, 1.82) is 0 Å². The van der Waals surface area contributed by atoms with Gasteiger partial charge in [-0.3, -0.25) is 0 Å². The number of hydrogen-bond acceptors (Lipinski definition) is 3. The van der Waals surface area contributed by atoms with Crippen molar-refractivity contribution in [1.82, 2.24) is 0 Å². The maximum Gasteiger partial charge on any atom is 0.309 e. The fraction of sp³-hybridized carbons (Fsp3) is 0. The summed E-state index contributed by atoms with van der Waals surface area (Å²) in [5, 5.41) is 4.14. The summed E-state index contributed by atoms with van der Waals surface area (Å²) < 4.78 is 0. The number of primary amides is 2. The van der Waals surface area contributed by atoms with Crippen molar-refractivity contribution >= 4 is 53.2 Å². The number of amides is 2. The predicted octanol–water partition coefficient (Wildman–Crippen LogP) is 3.99. The Balaban J connectivity index is 0.000000359. The number of rotatable bonds is 0. The van der Waals surface area contributed by atoms with Crippen LogP contribution in [0.15, 0.2) is 52.3 Å². The molecule has 0 atom stereocenters. The highest BCUT2D eigenvalue weighted by Crippen LogP contribution is 2.44. The molecule has 0 fully saturated rings. The number of urea groups is 1. The smallest absolute Gasteiger partial charge is 0.309 e. The number of halogens is 2. The molecule has 0 radical (unpaired) electrons. The van der Waals surface area contributed by atoms with Crippen LogP contribution >= 0.6 is 35.8 Å². The van der Waals surface area contributed by atoms with Gasteiger partial charge in [0.15, 0.2) is 0 Å². The Morgan fingerprint density at radius 2 is 1.65 bits per heavy atom. The molecule has 2 amide bonds. The van der Waals surface area contributed by atoms with Gasteiger partial charge in [0.05, 0.1) is 11.4 Å². The minimum Gasteiger partial charge on any atom is -0.354 e. The van der Waals surface area contributed by atoms with Crippen LogP contribution in [0.25, 0.3) is 0 Å². The molecule has 0 unspecified atom stereocenters. The minimum atomic E-state index is -0.833. The summed E-state index contributed by atoms with van der Waals surface area (Å²) >= 11 is 7.72. The van der Waals surface area contributed by atoms with E-state index in [1.54, 1.807) is 11.8 Å². The minimum absolute atomic E-state index is 0. The quantitative estimate of drug-likeness (QED) is 0.583. The molecule has 0 aliphatic carbocycles. The van der Waals surface area contributed by atoms with Crippen LogP contribution in [0, 0.1) is 0 Å². The second-order valence-electron chi connectivity index (χ2n) is 3.77. The predicted molar refractivity (Wildman–Crippen MR) is 86.3 cm³/mol. The number of fused-ring (bicyclic) bond motifs is 2. The first-order valence-corrected chi connectivity index (χ1v) is 6.64. The van der Waals surface area contributed by atoms with Crippen LogP contribution in [-0.2, 0) is 0 Å². The fourth-order valence-corrected chi connectivity index (χ4v) is 2.75. The Bertz CT molecular complexity index is 618. The summed E-state index contributed by atoms with van der Waals surface area (Å²) in [6.45, 7) is 0. The van der Waals surface area contributed by atoms with E-state index in [2.05, 4.69) is 35.0 Å². The van der Waals surface area contributed by atoms with Gasteiger partial charge < -0.3 is 16.8 Å². The van der Waals surface area contributed by atoms with E-state index < -0.39 is 6.03 Å². The lowest BCUT2D eigenvalue weighted by Crippen LogP contribution is -2.18. The van der Waals surface area contributed by atoms with E-state index in [0.717, 1.165) is 16.4 Å². The molecule has 0 saturated heterocycles. The summed E-state index contributed by atoms with van der Waals surface area (Å²) in [6, 6.07) is 13.4. The third-order valence-corrected chi connectivity index (χ3v) is 3.70. The topological polar surface area (TPSA) is 81.1 Å². The zero-order valence-corrected chi connectivity index (χ0v) is 12.7. The largest absolute Gasteiger partial charge is 0.354 e. The number of benzene rings is 2. The second kappa shape index (κ2) is 7.28. The van der Waals surface area contributed by atoms with Crippen LogP contribution in [-0.4, -0.2) is 6.03 Å². The summed E-state index contributed by atoms with van der Waals surface area (Å²) in [5.74, 6) is 0. The monoisotopic (exact) mass is 329 g/mol. The number of carbonyl (C=O) groups excluding carboxylic acids is 1. The van der Waals surface area contributed by atoms with Gasteiger partial charge in [-0.1, -0.05) is 35.5 Å². The zero-order chi connectivity index (χ0) is 13.8. The summed E-state index contributed by atoms with van der Waals surface area (Å²) in [4.78, 5) is 11.5. The van der Waals surface area contributed by atoms with Crippen molar-refractivity contribution in [2.75, 3.05) is 5.32 Å². The molecular weight excluding hydrogens is 317 g/mol. The Kier molecular flexibility index (Phi) is 6.01. The van der Waals surface area contributed by atoms with E-state index in [9.17, 15) is 0 Å². The van der Waals surface area contributed by atoms with Gasteiger partial charge in [0.1, 0.15) is 0 Å². The first-order chi connectivity index (χ1) is 9.06. The normalized spacial score (nSPS) is 10.7. The van der Waals surface area contributed by atoms with Crippen LogP contribution in [0.2, 0.25) is 5.02 Å². The molecule has 2 aromatic carbocycles. The average Bonchev–Trinajstić information content (AvgIpc) is 2.35. The Morgan fingerprint density at radius 1 is 1.05 bits per heavy atom. The molecule has 0 aromatic heterocycles. The molecule has 5 N–H and O–H groups in total. The van der Waals surface area contributed by atoms with E-state index in [0.29, 0.717) is 0 Å². The summed E-state index contributed by atoms with van der Waals surface area (Å²) in [5.41, 5.74) is 10.7. The maximum absolute atomic E-state index is 9.00. The van der Waals surface area contributed by atoms with Gasteiger partial charge in [-0.05, 0) is 30.3 Å². The van der Waals surface area contributed by atoms with Crippen LogP contribution in [0.5, 0.6) is 0 Å². The van der Waals surface area contributed by atoms with Crippen molar-refractivity contribution in [2.24, 2.45) is 11.5 Å². The Hall–Kier alpha value is -1.56. The lowest BCUT2D eigenvalue weighted by molar-refractivity contribution is 0.256. The zero-order valence-electron chi connectivity index (χ0n) is 10.3. The number of hydrogen-bond donors (Lipinski definition) is 3. The van der Waals surface area contributed by atoms with E-state index in [-0.39, 0.29) is 12.4 Å². The molecule has 106 valence electrons. The van der Waals surface area contributed by atoms with Gasteiger partial charge in [0, 0.05) is 14.8 Å². The highest BCUT2D eigenvalue weighted by Gasteiger charge is 2.14. The molecule has 2 aromatic rings. The lowest BCUT2D eigenvalue weighted by atomic mass is 10.2. The molecule has 7 heteroatoms. The number of nitrogens with one attached hydrogen (secondary N) is 1. The highest BCUT2D eigenvalue weighted by molar-refractivity contribution is 7.99. The van der Waals surface area contributed by atoms with Gasteiger partial charge >= 0.3 is 6.03 Å². The highest BCUT2D eigenvalue weighted by atomic mass is 35.5. The summed E-state index contributed by atoms with van der Waals surface area (Å²) in [7, 11) is 0. The SMILES string of the molecule is Cl.Clc1ccc2c(c1)Nc1ccccc1S2.NC(N)=O. The van der Waals surface area contributed by atoms with Crippen molar-refractivity contribution in [3.05, 3.63) is 47.5 Å². The van der Waals surface area contributed by atoms with E-state index in [1.807, 2.05) is 24.3 Å². The fourth-order valence-electron chi connectivity index (χ4n) is 1.61. The van der Waals surface area contributed by atoms with Gasteiger partial charge in [-0.25, -0.2) is 4.79 Å². The van der Waals surface area contributed by atoms with Gasteiger partial charge in [0.2, 0.25) is 0 Å². The third kappa shape index (κ3) is 4.23. The van der Waals surface area contributed by atoms with Gasteiger partial charge in [-0.2, -0.15) is 0 Å². The lowest BCUT2D eigenvalue weighted by Gasteiger charge is -2.20. The molecule has 1 heterocycles. The molecule has 4 nitrogen and oxygen atoms in total. The molecule has 0 spiro atoms. The van der Waals surface area contributed by atoms with Crippen molar-refractivity contribution in [2.45, 2.75) is 9.79 Å². The maximum atomic E-state index is 9.00. The first-order valence-electron chi connectivity index (χ1n) is 5.44. The van der Waals surface area contributed by atoms with Crippen molar-refractivity contribution in [3.63, 3.8) is 0 Å². The second-order valence-corrected chi connectivity index (χ2v) is 5.29. The molecule has 0 bridgehead atoms. The van der Waals surface area contributed by atoms with E-state index in [1.165, 1.54) is 9.79 Å². The number of anilines is 2. The van der Waals surface area contributed by atoms with Gasteiger partial charge in [0.25, 0.3) is 0 Å². The molecule has 1 aliphatic heterocycles. The molecular formula is C13H13Cl2N3OS. The van der Waals surface area contributed by atoms with Gasteiger partial charge in [-0.15, -0.1) is 12.4 Å². The van der Waals surface area contributed by atoms with Crippen molar-refractivity contribution < 1.29 is 4.79 Å². The van der Waals surface area contributed by atoms with E-state index in [4.69, 9.17) is 16.4 Å². The van der Waals surface area contributed by atoms with Crippen LogP contribution < -0.4 is 16.8 Å². The number of nitrogens with two attached hydrogens (primary N) is 2. The molecule has 3 rings (SSSR count). The standard InChI is InChI=1S/C12H8ClNS.CH4N2O.ClH/c13-8-5-6-12-10(7-8)14-9-3-1-2-4-11(9)15-12;2-1(3)4;/h1-7,14H;(H4,2,3,4);1H. The number of carbonyl (C=O) groups is 1. The molecule has 0 saturated carbocycles. The first kappa shape index (κ1) is 16.5. The van der Waals surface area contributed by atoms with Crippen LogP contribution in [0.3, 0.4) is 0 Å². The third-order valence-electron chi connectivity index (χ3n) is 2.32. The number of para-hydroxylation sites is 1. The summed E-state index contributed by atoms with van der Waals surface area (Å²) in [6.07, 6.45) is 0. The Labute approximate surface area is 132 Å². The van der Waals surface area contributed by atoms with Crippen LogP contribution in [0.1, 0.15) is 0 Å². The molecule has 1 aliphatic rings. The molecule has 20 heavy (non-hydrogen) atoms. The Morgan fingerprint density at radius 3 is 2.35 bits per heavy atom. The van der Waals surface area contributed by atoms with Crippen LogP contribution in [0.4, 0.5) is 16.2 Å². The van der Waals surface area contributed by atoms with E-state index >= 15 is 0 Å². The van der Waals surface area contributed by atoms with Crippen molar-refractivity contribution in [3.8, 4) is 0 Å².